The molecule has 1 N–H and O–H groups in total. The predicted octanol–water partition coefficient (Wildman–Crippen LogP) is 4.43. The van der Waals surface area contributed by atoms with E-state index in [0.29, 0.717) is 38.8 Å². The van der Waals surface area contributed by atoms with Crippen molar-refractivity contribution < 1.29 is 14.2 Å². The molecule has 0 aliphatic carbocycles. The average Bonchev–Trinajstić information content (AvgIpc) is 2.89. The number of hydrogen-bond acceptors (Lipinski definition) is 8. The van der Waals surface area contributed by atoms with Gasteiger partial charge in [-0.1, -0.05) is 41.6 Å². The third-order valence-corrected chi connectivity index (χ3v) is 5.03. The van der Waals surface area contributed by atoms with E-state index in [1.165, 1.54) is 11.8 Å². The van der Waals surface area contributed by atoms with Gasteiger partial charge in [0.05, 0.1) is 19.8 Å². The number of benzene rings is 2. The van der Waals surface area contributed by atoms with Crippen LogP contribution in [-0.4, -0.2) is 35.7 Å². The smallest absolute Gasteiger partial charge is 0.247 e. The fourth-order valence-corrected chi connectivity index (χ4v) is 3.54. The molecular formula is C19H17ClN4O3S. The van der Waals surface area contributed by atoms with Crippen LogP contribution in [0.2, 0.25) is 5.02 Å². The number of fused-ring (bicyclic) bond motifs is 3. The lowest BCUT2D eigenvalue weighted by molar-refractivity contribution is 0.218. The molecule has 0 spiro atoms. The molecule has 1 aromatic heterocycles. The first kappa shape index (κ1) is 18.6. The lowest BCUT2D eigenvalue weighted by atomic mass is 10.1. The van der Waals surface area contributed by atoms with Crippen molar-refractivity contribution in [1.29, 1.82) is 0 Å². The van der Waals surface area contributed by atoms with Crippen molar-refractivity contribution in [3.8, 4) is 28.6 Å². The summed E-state index contributed by atoms with van der Waals surface area (Å²) in [5, 5.41) is 12.9. The number of aromatic nitrogens is 3. The fraction of sp³-hybridized carbons (Fsp3) is 0.211. The molecule has 1 atom stereocenters. The molecule has 3 aromatic rings. The van der Waals surface area contributed by atoms with Crippen LogP contribution in [0, 0.1) is 0 Å². The van der Waals surface area contributed by atoms with E-state index in [0.717, 1.165) is 11.3 Å². The largest absolute Gasteiger partial charge is 0.493 e. The van der Waals surface area contributed by atoms with Crippen LogP contribution in [0.25, 0.3) is 11.3 Å². The number of nitrogens with zero attached hydrogens (tertiary/aromatic N) is 3. The van der Waals surface area contributed by atoms with Crippen LogP contribution < -0.4 is 19.5 Å². The number of hydrogen-bond donors (Lipinski definition) is 1. The van der Waals surface area contributed by atoms with E-state index in [9.17, 15) is 0 Å². The third-order valence-electron chi connectivity index (χ3n) is 4.27. The molecule has 28 heavy (non-hydrogen) atoms. The van der Waals surface area contributed by atoms with Gasteiger partial charge < -0.3 is 19.5 Å². The molecule has 1 unspecified atom stereocenters. The molecule has 7 nitrogen and oxygen atoms in total. The van der Waals surface area contributed by atoms with Crippen molar-refractivity contribution in [3.05, 3.63) is 47.0 Å². The second-order valence-electron chi connectivity index (χ2n) is 5.87. The van der Waals surface area contributed by atoms with Gasteiger partial charge in [-0.2, -0.15) is 4.98 Å². The maximum Gasteiger partial charge on any atom is 0.247 e. The van der Waals surface area contributed by atoms with Crippen LogP contribution >= 0.6 is 23.4 Å². The zero-order chi connectivity index (χ0) is 19.7. The Morgan fingerprint density at radius 1 is 1.14 bits per heavy atom. The van der Waals surface area contributed by atoms with Crippen molar-refractivity contribution in [3.63, 3.8) is 0 Å². The maximum atomic E-state index is 6.31. The number of nitrogens with one attached hydrogen (secondary N) is 1. The lowest BCUT2D eigenvalue weighted by Gasteiger charge is -2.22. The quantitative estimate of drug-likeness (QED) is 0.625. The van der Waals surface area contributed by atoms with E-state index in [2.05, 4.69) is 20.5 Å². The highest BCUT2D eigenvalue weighted by atomic mass is 35.5. The van der Waals surface area contributed by atoms with Gasteiger partial charge in [-0.25, -0.2) is 0 Å². The number of ether oxygens (including phenoxy) is 3. The summed E-state index contributed by atoms with van der Waals surface area (Å²) in [6, 6.07) is 11.2. The molecule has 2 heterocycles. The van der Waals surface area contributed by atoms with E-state index < -0.39 is 6.23 Å². The Balaban J connectivity index is 1.90. The van der Waals surface area contributed by atoms with E-state index in [1.807, 2.05) is 30.5 Å². The summed E-state index contributed by atoms with van der Waals surface area (Å²) in [5.74, 6) is 1.42. The van der Waals surface area contributed by atoms with Crippen molar-refractivity contribution >= 4 is 29.1 Å². The van der Waals surface area contributed by atoms with Gasteiger partial charge >= 0.3 is 0 Å². The first-order valence-corrected chi connectivity index (χ1v) is 9.97. The monoisotopic (exact) mass is 416 g/mol. The molecule has 0 radical (unpaired) electrons. The minimum atomic E-state index is -0.628. The number of anilines is 1. The normalized spacial score (nSPS) is 14.8. The van der Waals surface area contributed by atoms with Gasteiger partial charge in [0.2, 0.25) is 17.3 Å². The SMILES string of the molecule is COc1cc(Cl)cc(C2Nc3ccccc3-c3nnc(SC)nc3O2)c1OC. The standard InChI is InChI=1S/C19H17ClN4O3S/c1-25-14-9-10(20)8-12(16(14)26-2)17-21-13-7-5-4-6-11(13)15-18(27-17)22-19(28-3)24-23-15/h4-9,17,21H,1-3H3. The zero-order valence-corrected chi connectivity index (χ0v) is 17.0. The Morgan fingerprint density at radius 2 is 1.96 bits per heavy atom. The number of thioether (sulfide) groups is 1. The second-order valence-corrected chi connectivity index (χ2v) is 7.08. The van der Waals surface area contributed by atoms with Gasteiger partial charge in [-0.05, 0) is 18.4 Å². The number of methoxy groups -OCH3 is 2. The Hall–Kier alpha value is -2.71. The van der Waals surface area contributed by atoms with Crippen molar-refractivity contribution in [2.45, 2.75) is 11.4 Å². The van der Waals surface area contributed by atoms with Gasteiger partial charge in [0.1, 0.15) is 0 Å². The predicted molar refractivity (Wildman–Crippen MR) is 109 cm³/mol. The zero-order valence-electron chi connectivity index (χ0n) is 15.4. The molecule has 0 bridgehead atoms. The number of para-hydroxylation sites is 1. The summed E-state index contributed by atoms with van der Waals surface area (Å²) < 4.78 is 17.2. The molecule has 9 heteroatoms. The molecule has 1 aliphatic heterocycles. The van der Waals surface area contributed by atoms with E-state index in [1.54, 1.807) is 26.4 Å². The second kappa shape index (κ2) is 7.73. The molecular weight excluding hydrogens is 400 g/mol. The van der Waals surface area contributed by atoms with Crippen molar-refractivity contribution in [1.82, 2.24) is 15.2 Å². The number of rotatable bonds is 4. The third kappa shape index (κ3) is 3.29. The summed E-state index contributed by atoms with van der Waals surface area (Å²) in [5.41, 5.74) is 2.93. The highest BCUT2D eigenvalue weighted by Crippen LogP contribution is 2.44. The van der Waals surface area contributed by atoms with Gasteiger partial charge in [0.25, 0.3) is 0 Å². The maximum absolute atomic E-state index is 6.31. The summed E-state index contributed by atoms with van der Waals surface area (Å²) in [6.45, 7) is 0. The fourth-order valence-electron chi connectivity index (χ4n) is 3.03. The van der Waals surface area contributed by atoms with Gasteiger partial charge in [-0.15, -0.1) is 10.2 Å². The minimum Gasteiger partial charge on any atom is -0.493 e. The molecule has 0 amide bonds. The Morgan fingerprint density at radius 3 is 2.71 bits per heavy atom. The Bertz CT molecular complexity index is 1030. The molecule has 4 rings (SSSR count). The average molecular weight is 417 g/mol. The molecule has 0 saturated heterocycles. The first-order valence-electron chi connectivity index (χ1n) is 8.37. The Kier molecular flexibility index (Phi) is 5.15. The lowest BCUT2D eigenvalue weighted by Crippen LogP contribution is -2.18. The van der Waals surface area contributed by atoms with Crippen LogP contribution in [0.1, 0.15) is 11.8 Å². The highest BCUT2D eigenvalue weighted by molar-refractivity contribution is 7.98. The van der Waals surface area contributed by atoms with Crippen LogP contribution in [-0.2, 0) is 0 Å². The Labute approximate surface area is 171 Å². The summed E-state index contributed by atoms with van der Waals surface area (Å²) in [6.07, 6.45) is 1.26. The minimum absolute atomic E-state index is 0.378. The molecule has 2 aromatic carbocycles. The van der Waals surface area contributed by atoms with Crippen LogP contribution in [0.4, 0.5) is 5.69 Å². The van der Waals surface area contributed by atoms with E-state index in [4.69, 9.17) is 25.8 Å². The highest BCUT2D eigenvalue weighted by Gasteiger charge is 2.29. The molecule has 144 valence electrons. The molecule has 0 fully saturated rings. The van der Waals surface area contributed by atoms with Crippen LogP contribution in [0.15, 0.2) is 41.6 Å². The topological polar surface area (TPSA) is 78.4 Å². The van der Waals surface area contributed by atoms with Crippen LogP contribution in [0.3, 0.4) is 0 Å². The van der Waals surface area contributed by atoms with Gasteiger partial charge in [-0.3, -0.25) is 0 Å². The number of halogens is 1. The van der Waals surface area contributed by atoms with Crippen molar-refractivity contribution in [2.75, 3.05) is 25.8 Å². The molecule has 0 saturated carbocycles. The van der Waals surface area contributed by atoms with Crippen LogP contribution in [0.5, 0.6) is 17.4 Å². The molecule has 1 aliphatic rings. The van der Waals surface area contributed by atoms with E-state index in [-0.39, 0.29) is 0 Å². The van der Waals surface area contributed by atoms with E-state index >= 15 is 0 Å². The first-order chi connectivity index (χ1) is 13.6. The summed E-state index contributed by atoms with van der Waals surface area (Å²) in [4.78, 5) is 4.51. The summed E-state index contributed by atoms with van der Waals surface area (Å²) in [7, 11) is 3.13. The van der Waals surface area contributed by atoms with Crippen molar-refractivity contribution in [2.24, 2.45) is 0 Å². The van der Waals surface area contributed by atoms with Gasteiger partial charge in [0, 0.05) is 22.3 Å². The summed E-state index contributed by atoms with van der Waals surface area (Å²) >= 11 is 7.70. The van der Waals surface area contributed by atoms with Gasteiger partial charge in [0.15, 0.2) is 17.2 Å².